The Kier molecular flexibility index (Phi) is 3.92. The lowest BCUT2D eigenvalue weighted by Gasteiger charge is -2.34. The Morgan fingerprint density at radius 2 is 2.54 bits per heavy atom. The average molecular weight is 185 g/mol. The first-order chi connectivity index (χ1) is 6.29. The van der Waals surface area contributed by atoms with E-state index < -0.39 is 0 Å². The summed E-state index contributed by atoms with van der Waals surface area (Å²) in [5.41, 5.74) is 0. The minimum absolute atomic E-state index is 0.0114. The van der Waals surface area contributed by atoms with Crippen LogP contribution in [0.1, 0.15) is 6.42 Å². The molecule has 0 saturated carbocycles. The molecular weight excluding hydrogens is 170 g/mol. The molecule has 1 saturated heterocycles. The van der Waals surface area contributed by atoms with Crippen molar-refractivity contribution in [2.45, 2.75) is 12.5 Å². The van der Waals surface area contributed by atoms with Crippen LogP contribution in [0.3, 0.4) is 0 Å². The van der Waals surface area contributed by atoms with Gasteiger partial charge >= 0.3 is 0 Å². The van der Waals surface area contributed by atoms with E-state index in [2.05, 4.69) is 6.58 Å². The summed E-state index contributed by atoms with van der Waals surface area (Å²) in [7, 11) is 0. The zero-order valence-corrected chi connectivity index (χ0v) is 7.61. The number of ether oxygens (including phenoxy) is 1. The van der Waals surface area contributed by atoms with Gasteiger partial charge in [-0.3, -0.25) is 4.79 Å². The average Bonchev–Trinajstić information content (AvgIpc) is 2.18. The minimum atomic E-state index is -0.179. The molecule has 1 atom stereocenters. The monoisotopic (exact) mass is 185 g/mol. The van der Waals surface area contributed by atoms with Gasteiger partial charge in [0.05, 0.1) is 25.9 Å². The van der Waals surface area contributed by atoms with Crippen molar-refractivity contribution in [1.29, 1.82) is 0 Å². The molecule has 4 nitrogen and oxygen atoms in total. The maximum absolute atomic E-state index is 11.5. The molecule has 1 aliphatic heterocycles. The van der Waals surface area contributed by atoms with E-state index >= 15 is 0 Å². The van der Waals surface area contributed by atoms with Gasteiger partial charge in [0.25, 0.3) is 0 Å². The number of aliphatic hydroxyl groups excluding tert-OH is 1. The molecule has 1 rings (SSSR count). The summed E-state index contributed by atoms with van der Waals surface area (Å²) in [6.07, 6.45) is 1.91. The van der Waals surface area contributed by atoms with Crippen molar-refractivity contribution < 1.29 is 14.6 Å². The summed E-state index contributed by atoms with van der Waals surface area (Å²) in [5.74, 6) is 0.0114. The lowest BCUT2D eigenvalue weighted by atomic mass is 10.2. The largest absolute Gasteiger partial charge is 0.394 e. The first kappa shape index (κ1) is 10.2. The molecule has 0 aromatic carbocycles. The SMILES string of the molecule is C=CCC(=O)N1CCOCC1CO. The quantitative estimate of drug-likeness (QED) is 0.618. The van der Waals surface area contributed by atoms with Gasteiger partial charge < -0.3 is 14.7 Å². The Morgan fingerprint density at radius 3 is 3.15 bits per heavy atom. The predicted octanol–water partition coefficient (Wildman–Crippen LogP) is -0.218. The normalized spacial score (nSPS) is 22.8. The van der Waals surface area contributed by atoms with E-state index in [0.717, 1.165) is 0 Å². The fourth-order valence-corrected chi connectivity index (χ4v) is 1.38. The molecule has 0 bridgehead atoms. The number of aliphatic hydroxyl groups is 1. The molecule has 4 heteroatoms. The predicted molar refractivity (Wildman–Crippen MR) is 48.2 cm³/mol. The summed E-state index contributed by atoms with van der Waals surface area (Å²) < 4.78 is 5.15. The van der Waals surface area contributed by atoms with Crippen LogP contribution in [0.25, 0.3) is 0 Å². The van der Waals surface area contributed by atoms with Gasteiger partial charge in [-0.25, -0.2) is 0 Å². The molecular formula is C9H15NO3. The Labute approximate surface area is 77.8 Å². The lowest BCUT2D eigenvalue weighted by Crippen LogP contribution is -2.50. The second kappa shape index (κ2) is 4.99. The standard InChI is InChI=1S/C9H15NO3/c1-2-3-9(12)10-4-5-13-7-8(10)6-11/h2,8,11H,1,3-7H2. The van der Waals surface area contributed by atoms with E-state index in [1.54, 1.807) is 11.0 Å². The van der Waals surface area contributed by atoms with Crippen molar-refractivity contribution in [1.82, 2.24) is 4.90 Å². The van der Waals surface area contributed by atoms with Crippen LogP contribution in [0.15, 0.2) is 12.7 Å². The highest BCUT2D eigenvalue weighted by molar-refractivity contribution is 5.78. The number of amides is 1. The fraction of sp³-hybridized carbons (Fsp3) is 0.667. The Balaban J connectivity index is 2.52. The molecule has 0 aromatic rings. The van der Waals surface area contributed by atoms with Crippen molar-refractivity contribution >= 4 is 5.91 Å². The number of morpholine rings is 1. The Morgan fingerprint density at radius 1 is 1.77 bits per heavy atom. The number of rotatable bonds is 3. The van der Waals surface area contributed by atoms with Gasteiger partial charge in [-0.05, 0) is 0 Å². The van der Waals surface area contributed by atoms with Gasteiger partial charge in [0.2, 0.25) is 5.91 Å². The number of carbonyl (C=O) groups excluding carboxylic acids is 1. The minimum Gasteiger partial charge on any atom is -0.394 e. The molecule has 0 aromatic heterocycles. The van der Waals surface area contributed by atoms with Crippen LogP contribution in [-0.2, 0) is 9.53 Å². The number of hydrogen-bond donors (Lipinski definition) is 1. The second-order valence-corrected chi connectivity index (χ2v) is 2.99. The smallest absolute Gasteiger partial charge is 0.226 e. The van der Waals surface area contributed by atoms with Crippen LogP contribution < -0.4 is 0 Å². The van der Waals surface area contributed by atoms with Gasteiger partial charge in [0, 0.05) is 13.0 Å². The van der Waals surface area contributed by atoms with Crippen LogP contribution in [0.2, 0.25) is 0 Å². The van der Waals surface area contributed by atoms with Crippen LogP contribution in [-0.4, -0.2) is 48.3 Å². The lowest BCUT2D eigenvalue weighted by molar-refractivity contribution is -0.140. The highest BCUT2D eigenvalue weighted by Gasteiger charge is 2.25. The molecule has 13 heavy (non-hydrogen) atoms. The number of carbonyl (C=O) groups is 1. The molecule has 1 fully saturated rings. The molecule has 0 radical (unpaired) electrons. The van der Waals surface area contributed by atoms with E-state index in [1.165, 1.54) is 0 Å². The van der Waals surface area contributed by atoms with Gasteiger partial charge in [0.15, 0.2) is 0 Å². The summed E-state index contributed by atoms with van der Waals surface area (Å²) >= 11 is 0. The molecule has 1 N–H and O–H groups in total. The van der Waals surface area contributed by atoms with Gasteiger partial charge in [-0.15, -0.1) is 6.58 Å². The summed E-state index contributed by atoms with van der Waals surface area (Å²) in [4.78, 5) is 13.1. The van der Waals surface area contributed by atoms with Crippen LogP contribution in [0, 0.1) is 0 Å². The fourth-order valence-electron chi connectivity index (χ4n) is 1.38. The van der Waals surface area contributed by atoms with Crippen LogP contribution >= 0.6 is 0 Å². The first-order valence-electron chi connectivity index (χ1n) is 4.38. The molecule has 0 spiro atoms. The Hall–Kier alpha value is -0.870. The van der Waals surface area contributed by atoms with Crippen molar-refractivity contribution in [2.75, 3.05) is 26.4 Å². The summed E-state index contributed by atoms with van der Waals surface area (Å²) in [6.45, 7) is 5.02. The van der Waals surface area contributed by atoms with E-state index in [4.69, 9.17) is 9.84 Å². The molecule has 1 heterocycles. The third-order valence-electron chi connectivity index (χ3n) is 2.08. The van der Waals surface area contributed by atoms with Crippen molar-refractivity contribution in [3.63, 3.8) is 0 Å². The maximum Gasteiger partial charge on any atom is 0.226 e. The highest BCUT2D eigenvalue weighted by atomic mass is 16.5. The van der Waals surface area contributed by atoms with Gasteiger partial charge in [-0.2, -0.15) is 0 Å². The molecule has 74 valence electrons. The zero-order chi connectivity index (χ0) is 9.68. The third kappa shape index (κ3) is 2.54. The number of nitrogens with zero attached hydrogens (tertiary/aromatic N) is 1. The topological polar surface area (TPSA) is 49.8 Å². The van der Waals surface area contributed by atoms with E-state index in [1.807, 2.05) is 0 Å². The summed E-state index contributed by atoms with van der Waals surface area (Å²) in [6, 6.07) is -0.179. The van der Waals surface area contributed by atoms with Crippen molar-refractivity contribution in [3.8, 4) is 0 Å². The van der Waals surface area contributed by atoms with E-state index in [-0.39, 0.29) is 18.6 Å². The highest BCUT2D eigenvalue weighted by Crippen LogP contribution is 2.08. The summed E-state index contributed by atoms with van der Waals surface area (Å²) in [5, 5.41) is 8.98. The first-order valence-corrected chi connectivity index (χ1v) is 4.38. The van der Waals surface area contributed by atoms with Crippen molar-refractivity contribution in [3.05, 3.63) is 12.7 Å². The maximum atomic E-state index is 11.5. The van der Waals surface area contributed by atoms with Crippen LogP contribution in [0.5, 0.6) is 0 Å². The molecule has 1 unspecified atom stereocenters. The Bertz CT molecular complexity index is 193. The number of hydrogen-bond acceptors (Lipinski definition) is 3. The van der Waals surface area contributed by atoms with Crippen LogP contribution in [0.4, 0.5) is 0 Å². The zero-order valence-electron chi connectivity index (χ0n) is 7.61. The van der Waals surface area contributed by atoms with Crippen molar-refractivity contribution in [2.24, 2.45) is 0 Å². The van der Waals surface area contributed by atoms with E-state index in [9.17, 15) is 4.79 Å². The second-order valence-electron chi connectivity index (χ2n) is 2.99. The molecule has 1 aliphatic rings. The van der Waals surface area contributed by atoms with Gasteiger partial charge in [-0.1, -0.05) is 6.08 Å². The molecule has 1 amide bonds. The third-order valence-corrected chi connectivity index (χ3v) is 2.08. The van der Waals surface area contributed by atoms with Gasteiger partial charge in [0.1, 0.15) is 0 Å². The molecule has 0 aliphatic carbocycles. The van der Waals surface area contributed by atoms with E-state index in [0.29, 0.717) is 26.2 Å².